The molecular weight excluding hydrogens is 438 g/mol. The zero-order valence-corrected chi connectivity index (χ0v) is 19.2. The zero-order chi connectivity index (χ0) is 23.2. The van der Waals surface area contributed by atoms with E-state index in [0.29, 0.717) is 23.9 Å². The van der Waals surface area contributed by atoms with E-state index in [4.69, 9.17) is 11.6 Å². The molecule has 1 aliphatic heterocycles. The summed E-state index contributed by atoms with van der Waals surface area (Å²) >= 11 is 5.92. The summed E-state index contributed by atoms with van der Waals surface area (Å²) in [5.41, 5.74) is 2.60. The molecule has 3 N–H and O–H groups in total. The highest BCUT2D eigenvalue weighted by molar-refractivity contribution is 6.30. The first-order valence-electron chi connectivity index (χ1n) is 11.4. The van der Waals surface area contributed by atoms with Crippen molar-refractivity contribution in [2.24, 2.45) is 0 Å². The standard InChI is InChI=1S/C26H28ClN3O3/c27-20-10-6-17(7-11-20)14-15-28-24-22(31)16-23(32)30-25(24)26(33)29-21-12-8-19(9-13-21)18-4-2-1-3-5-18/h1-7,10-11,19,21,28H,8-9,12-16H2,(H,29,33)(H,30,32)/t19-,21+. The highest BCUT2D eigenvalue weighted by Crippen LogP contribution is 2.32. The van der Waals surface area contributed by atoms with E-state index >= 15 is 0 Å². The van der Waals surface area contributed by atoms with E-state index in [9.17, 15) is 14.4 Å². The summed E-state index contributed by atoms with van der Waals surface area (Å²) in [7, 11) is 0. The van der Waals surface area contributed by atoms with E-state index in [1.165, 1.54) is 5.56 Å². The molecule has 1 aliphatic carbocycles. The number of nitrogens with one attached hydrogen (secondary N) is 3. The molecule has 7 heteroatoms. The lowest BCUT2D eigenvalue weighted by Gasteiger charge is -2.30. The second-order valence-electron chi connectivity index (χ2n) is 8.63. The van der Waals surface area contributed by atoms with Gasteiger partial charge in [0.15, 0.2) is 5.78 Å². The number of carbonyl (C=O) groups excluding carboxylic acids is 3. The normalized spacial score (nSPS) is 20.9. The van der Waals surface area contributed by atoms with Crippen molar-refractivity contribution >= 4 is 29.2 Å². The summed E-state index contributed by atoms with van der Waals surface area (Å²) in [5.74, 6) is -0.734. The molecule has 4 rings (SSSR count). The number of benzene rings is 2. The number of amides is 2. The Morgan fingerprint density at radius 3 is 2.36 bits per heavy atom. The SMILES string of the molecule is O=C1CC(=O)C(NCCc2ccc(Cl)cc2)=C(C(=O)N[C@H]2CC[C@@H](c3ccccc3)CC2)N1. The molecule has 2 amide bonds. The summed E-state index contributed by atoms with van der Waals surface area (Å²) in [6.45, 7) is 0.456. The van der Waals surface area contributed by atoms with Crippen LogP contribution in [-0.4, -0.2) is 30.2 Å². The summed E-state index contributed by atoms with van der Waals surface area (Å²) in [5, 5.41) is 9.37. The van der Waals surface area contributed by atoms with E-state index in [-0.39, 0.29) is 29.6 Å². The molecule has 1 heterocycles. The second-order valence-corrected chi connectivity index (χ2v) is 9.07. The summed E-state index contributed by atoms with van der Waals surface area (Å²) in [4.78, 5) is 37.5. The Labute approximate surface area is 198 Å². The number of hydrogen-bond acceptors (Lipinski definition) is 4. The fourth-order valence-electron chi connectivity index (χ4n) is 4.51. The topological polar surface area (TPSA) is 87.3 Å². The Kier molecular flexibility index (Phi) is 7.45. The van der Waals surface area contributed by atoms with Gasteiger partial charge in [0.1, 0.15) is 11.4 Å². The van der Waals surface area contributed by atoms with Crippen LogP contribution in [0, 0.1) is 0 Å². The van der Waals surface area contributed by atoms with Crippen LogP contribution in [0.3, 0.4) is 0 Å². The maximum absolute atomic E-state index is 13.0. The molecule has 172 valence electrons. The van der Waals surface area contributed by atoms with E-state index < -0.39 is 11.8 Å². The number of Topliss-reactive ketones (excluding diaryl/α,β-unsaturated/α-hetero) is 1. The van der Waals surface area contributed by atoms with Gasteiger partial charge in [-0.2, -0.15) is 0 Å². The van der Waals surface area contributed by atoms with E-state index in [1.807, 2.05) is 30.3 Å². The quantitative estimate of drug-likeness (QED) is 0.545. The van der Waals surface area contributed by atoms with Crippen LogP contribution in [0.15, 0.2) is 66.0 Å². The third-order valence-electron chi connectivity index (χ3n) is 6.30. The van der Waals surface area contributed by atoms with Crippen molar-refractivity contribution in [1.82, 2.24) is 16.0 Å². The minimum atomic E-state index is -0.457. The van der Waals surface area contributed by atoms with Crippen LogP contribution in [0.4, 0.5) is 0 Å². The molecule has 0 spiro atoms. The van der Waals surface area contributed by atoms with Crippen molar-refractivity contribution in [3.05, 3.63) is 82.1 Å². The van der Waals surface area contributed by atoms with Crippen molar-refractivity contribution in [2.75, 3.05) is 6.54 Å². The van der Waals surface area contributed by atoms with Gasteiger partial charge in [0.2, 0.25) is 5.91 Å². The molecule has 0 unspecified atom stereocenters. The fourth-order valence-corrected chi connectivity index (χ4v) is 4.64. The van der Waals surface area contributed by atoms with Crippen molar-refractivity contribution < 1.29 is 14.4 Å². The Morgan fingerprint density at radius 1 is 0.970 bits per heavy atom. The fraction of sp³-hybridized carbons (Fsp3) is 0.346. The molecular formula is C26H28ClN3O3. The number of carbonyl (C=O) groups is 3. The molecule has 1 fully saturated rings. The predicted octanol–water partition coefficient (Wildman–Crippen LogP) is 3.62. The lowest BCUT2D eigenvalue weighted by molar-refractivity contribution is -0.130. The van der Waals surface area contributed by atoms with Gasteiger partial charge in [-0.25, -0.2) is 0 Å². The van der Waals surface area contributed by atoms with Gasteiger partial charge >= 0.3 is 0 Å². The first-order valence-corrected chi connectivity index (χ1v) is 11.8. The van der Waals surface area contributed by atoms with Gasteiger partial charge in [0.25, 0.3) is 5.91 Å². The average Bonchev–Trinajstić information content (AvgIpc) is 2.82. The van der Waals surface area contributed by atoms with Crippen LogP contribution in [0.25, 0.3) is 0 Å². The summed E-state index contributed by atoms with van der Waals surface area (Å²) in [6.07, 6.45) is 4.10. The number of allylic oxidation sites excluding steroid dienone is 1. The van der Waals surface area contributed by atoms with Gasteiger partial charge in [-0.05, 0) is 61.3 Å². The van der Waals surface area contributed by atoms with Gasteiger partial charge < -0.3 is 16.0 Å². The van der Waals surface area contributed by atoms with Gasteiger partial charge in [0.05, 0.1) is 6.42 Å². The van der Waals surface area contributed by atoms with Gasteiger partial charge in [-0.3, -0.25) is 14.4 Å². The first-order chi connectivity index (χ1) is 16.0. The maximum atomic E-state index is 13.0. The number of ketones is 1. The first kappa shape index (κ1) is 23.1. The van der Waals surface area contributed by atoms with Crippen LogP contribution in [-0.2, 0) is 20.8 Å². The number of halogens is 1. The Balaban J connectivity index is 1.37. The number of hydrogen-bond donors (Lipinski definition) is 3. The molecule has 1 saturated carbocycles. The van der Waals surface area contributed by atoms with E-state index in [2.05, 4.69) is 40.2 Å². The van der Waals surface area contributed by atoms with Crippen molar-refractivity contribution in [3.8, 4) is 0 Å². The second kappa shape index (κ2) is 10.7. The van der Waals surface area contributed by atoms with Crippen LogP contribution < -0.4 is 16.0 Å². The van der Waals surface area contributed by atoms with E-state index in [1.54, 1.807) is 0 Å². The largest absolute Gasteiger partial charge is 0.380 e. The third kappa shape index (κ3) is 6.02. The highest BCUT2D eigenvalue weighted by atomic mass is 35.5. The van der Waals surface area contributed by atoms with Gasteiger partial charge in [-0.15, -0.1) is 0 Å². The third-order valence-corrected chi connectivity index (χ3v) is 6.56. The number of rotatable bonds is 7. The molecule has 6 nitrogen and oxygen atoms in total. The molecule has 33 heavy (non-hydrogen) atoms. The molecule has 0 saturated heterocycles. The minimum Gasteiger partial charge on any atom is -0.380 e. The molecule has 2 aliphatic rings. The van der Waals surface area contributed by atoms with Crippen LogP contribution in [0.5, 0.6) is 0 Å². The van der Waals surface area contributed by atoms with Crippen LogP contribution >= 0.6 is 11.6 Å². The highest BCUT2D eigenvalue weighted by Gasteiger charge is 2.31. The lowest BCUT2D eigenvalue weighted by atomic mass is 9.82. The van der Waals surface area contributed by atoms with Gasteiger partial charge in [0, 0.05) is 17.6 Å². The predicted molar refractivity (Wildman–Crippen MR) is 128 cm³/mol. The Bertz CT molecular complexity index is 1040. The Morgan fingerprint density at radius 2 is 1.67 bits per heavy atom. The molecule has 0 aromatic heterocycles. The summed E-state index contributed by atoms with van der Waals surface area (Å²) in [6, 6.07) is 17.9. The van der Waals surface area contributed by atoms with Crippen LogP contribution in [0.2, 0.25) is 5.02 Å². The molecule has 0 atom stereocenters. The van der Waals surface area contributed by atoms with Crippen LogP contribution in [0.1, 0.15) is 49.1 Å². The van der Waals surface area contributed by atoms with E-state index in [0.717, 1.165) is 31.2 Å². The maximum Gasteiger partial charge on any atom is 0.270 e. The summed E-state index contributed by atoms with van der Waals surface area (Å²) < 4.78 is 0. The monoisotopic (exact) mass is 465 g/mol. The molecule has 0 radical (unpaired) electrons. The smallest absolute Gasteiger partial charge is 0.270 e. The molecule has 0 bridgehead atoms. The molecule has 2 aromatic carbocycles. The average molecular weight is 466 g/mol. The van der Waals surface area contributed by atoms with Gasteiger partial charge in [-0.1, -0.05) is 54.1 Å². The lowest BCUT2D eigenvalue weighted by Crippen LogP contribution is -2.47. The minimum absolute atomic E-state index is 0.0224. The van der Waals surface area contributed by atoms with Crippen molar-refractivity contribution in [1.29, 1.82) is 0 Å². The van der Waals surface area contributed by atoms with Crippen molar-refractivity contribution in [2.45, 2.75) is 50.5 Å². The van der Waals surface area contributed by atoms with Crippen molar-refractivity contribution in [3.63, 3.8) is 0 Å². The zero-order valence-electron chi connectivity index (χ0n) is 18.4. The Hall–Kier alpha value is -3.12. The molecule has 2 aromatic rings.